The number of aryl methyl sites for hydroxylation is 1. The Balaban J connectivity index is 1.80. The lowest BCUT2D eigenvalue weighted by atomic mass is 9.91. The van der Waals surface area contributed by atoms with Gasteiger partial charge in [-0.25, -0.2) is 0 Å². The van der Waals surface area contributed by atoms with Gasteiger partial charge in [0, 0.05) is 17.3 Å². The maximum Gasteiger partial charge on any atom is 0.211 e. The van der Waals surface area contributed by atoms with Crippen LogP contribution >= 0.6 is 11.6 Å². The Morgan fingerprint density at radius 2 is 1.54 bits per heavy atom. The van der Waals surface area contributed by atoms with Crippen molar-refractivity contribution in [2.45, 2.75) is 13.0 Å². The van der Waals surface area contributed by atoms with E-state index in [2.05, 4.69) is 10.3 Å². The summed E-state index contributed by atoms with van der Waals surface area (Å²) in [4.78, 5) is 30.2. The van der Waals surface area contributed by atoms with E-state index in [4.69, 9.17) is 11.6 Å². The van der Waals surface area contributed by atoms with Crippen molar-refractivity contribution >= 4 is 23.2 Å². The summed E-state index contributed by atoms with van der Waals surface area (Å²) in [5.74, 6) is -0.655. The lowest BCUT2D eigenvalue weighted by molar-refractivity contribution is 0.0973. The summed E-state index contributed by atoms with van der Waals surface area (Å²) >= 11 is 6.33. The van der Waals surface area contributed by atoms with Crippen LogP contribution < -0.4 is 5.32 Å². The number of allylic oxidation sites excluding steroid dienone is 2. The number of halogens is 1. The third-order valence-electron chi connectivity index (χ3n) is 4.72. The molecule has 0 bridgehead atoms. The average Bonchev–Trinajstić information content (AvgIpc) is 2.73. The molecule has 0 fully saturated rings. The molecule has 0 spiro atoms. The van der Waals surface area contributed by atoms with Gasteiger partial charge in [-0.1, -0.05) is 66.2 Å². The Hall–Kier alpha value is -3.24. The highest BCUT2D eigenvalue weighted by molar-refractivity contribution is 6.49. The second-order valence-electron chi connectivity index (χ2n) is 6.64. The standard InChI is InChI=1S/C23H17ClN2O2/c1-14-11-12-25-18(13-14)20(15-7-3-2-4-8-15)26-21-19(24)22(27)16-9-5-6-10-17(16)23(21)28/h2-13,20,26H,1H3. The van der Waals surface area contributed by atoms with Crippen LogP contribution in [0.1, 0.15) is 43.6 Å². The summed E-state index contributed by atoms with van der Waals surface area (Å²) in [6.07, 6.45) is 1.72. The van der Waals surface area contributed by atoms with Gasteiger partial charge in [0.1, 0.15) is 10.7 Å². The Labute approximate surface area is 167 Å². The van der Waals surface area contributed by atoms with E-state index < -0.39 is 6.04 Å². The number of carbonyl (C=O) groups excluding carboxylic acids is 2. The van der Waals surface area contributed by atoms with Crippen LogP contribution in [0, 0.1) is 6.92 Å². The van der Waals surface area contributed by atoms with Gasteiger partial charge in [-0.15, -0.1) is 0 Å². The van der Waals surface area contributed by atoms with Gasteiger partial charge in [0.25, 0.3) is 0 Å². The zero-order chi connectivity index (χ0) is 19.7. The number of benzene rings is 2. The van der Waals surface area contributed by atoms with E-state index in [0.29, 0.717) is 11.1 Å². The van der Waals surface area contributed by atoms with Gasteiger partial charge in [0.05, 0.1) is 11.7 Å². The molecule has 1 unspecified atom stereocenters. The minimum atomic E-state index is -0.424. The summed E-state index contributed by atoms with van der Waals surface area (Å²) in [5, 5.41) is 3.10. The third kappa shape index (κ3) is 3.23. The Morgan fingerprint density at radius 3 is 2.21 bits per heavy atom. The van der Waals surface area contributed by atoms with Gasteiger partial charge in [-0.3, -0.25) is 14.6 Å². The fourth-order valence-electron chi connectivity index (χ4n) is 3.31. The topological polar surface area (TPSA) is 59.1 Å². The van der Waals surface area contributed by atoms with E-state index in [1.54, 1.807) is 30.5 Å². The van der Waals surface area contributed by atoms with Crippen molar-refractivity contribution in [1.82, 2.24) is 10.3 Å². The molecule has 4 nitrogen and oxygen atoms in total. The van der Waals surface area contributed by atoms with Crippen LogP contribution in [-0.2, 0) is 0 Å². The predicted octanol–water partition coefficient (Wildman–Crippen LogP) is 4.60. The van der Waals surface area contributed by atoms with Gasteiger partial charge in [0.15, 0.2) is 0 Å². The van der Waals surface area contributed by atoms with Crippen LogP contribution in [0.3, 0.4) is 0 Å². The molecule has 1 aromatic heterocycles. The fourth-order valence-corrected chi connectivity index (χ4v) is 3.55. The molecule has 0 amide bonds. The number of Topliss-reactive ketones (excluding diaryl/α,β-unsaturated/α-hetero) is 2. The number of aromatic nitrogens is 1. The second kappa shape index (κ2) is 7.41. The number of rotatable bonds is 4. The van der Waals surface area contributed by atoms with Crippen LogP contribution in [0.25, 0.3) is 0 Å². The van der Waals surface area contributed by atoms with E-state index >= 15 is 0 Å². The molecule has 1 atom stereocenters. The van der Waals surface area contributed by atoms with E-state index in [1.807, 2.05) is 49.4 Å². The Bertz CT molecular complexity index is 1110. The molecule has 0 saturated heterocycles. The minimum absolute atomic E-state index is 0.0996. The van der Waals surface area contributed by atoms with Crippen molar-refractivity contribution in [2.75, 3.05) is 0 Å². The maximum absolute atomic E-state index is 13.1. The highest BCUT2D eigenvalue weighted by Gasteiger charge is 2.33. The van der Waals surface area contributed by atoms with Crippen LogP contribution in [0.5, 0.6) is 0 Å². The van der Waals surface area contributed by atoms with Crippen molar-refractivity contribution in [1.29, 1.82) is 0 Å². The lowest BCUT2D eigenvalue weighted by Gasteiger charge is -2.25. The minimum Gasteiger partial charge on any atom is -0.368 e. The Morgan fingerprint density at radius 1 is 0.893 bits per heavy atom. The number of pyridine rings is 1. The van der Waals surface area contributed by atoms with Crippen molar-refractivity contribution in [2.24, 2.45) is 0 Å². The van der Waals surface area contributed by atoms with E-state index in [-0.39, 0.29) is 22.3 Å². The first-order valence-corrected chi connectivity index (χ1v) is 9.26. The zero-order valence-electron chi connectivity index (χ0n) is 15.1. The van der Waals surface area contributed by atoms with Crippen molar-refractivity contribution in [3.8, 4) is 0 Å². The first kappa shape index (κ1) is 18.1. The molecule has 28 heavy (non-hydrogen) atoms. The molecular formula is C23H17ClN2O2. The molecule has 138 valence electrons. The first-order chi connectivity index (χ1) is 13.6. The maximum atomic E-state index is 13.1. The Kier molecular flexibility index (Phi) is 4.80. The van der Waals surface area contributed by atoms with Gasteiger partial charge < -0.3 is 5.32 Å². The van der Waals surface area contributed by atoms with Gasteiger partial charge in [-0.05, 0) is 30.2 Å². The zero-order valence-corrected chi connectivity index (χ0v) is 15.9. The summed E-state index contributed by atoms with van der Waals surface area (Å²) in [6, 6.07) is 19.8. The fraction of sp³-hybridized carbons (Fsp3) is 0.0870. The molecule has 1 aliphatic rings. The third-order valence-corrected chi connectivity index (χ3v) is 5.08. The van der Waals surface area contributed by atoms with E-state index in [0.717, 1.165) is 16.8 Å². The molecule has 5 heteroatoms. The molecule has 0 saturated carbocycles. The summed E-state index contributed by atoms with van der Waals surface area (Å²) in [7, 11) is 0. The van der Waals surface area contributed by atoms with Crippen molar-refractivity contribution in [3.63, 3.8) is 0 Å². The smallest absolute Gasteiger partial charge is 0.211 e. The number of fused-ring (bicyclic) bond motifs is 1. The monoisotopic (exact) mass is 388 g/mol. The predicted molar refractivity (Wildman–Crippen MR) is 108 cm³/mol. The summed E-state index contributed by atoms with van der Waals surface area (Å²) in [5.41, 5.74) is 3.47. The van der Waals surface area contributed by atoms with Crippen LogP contribution in [-0.4, -0.2) is 16.6 Å². The molecule has 0 aliphatic heterocycles. The van der Waals surface area contributed by atoms with Crippen LogP contribution in [0.2, 0.25) is 0 Å². The van der Waals surface area contributed by atoms with E-state index in [9.17, 15) is 9.59 Å². The highest BCUT2D eigenvalue weighted by Crippen LogP contribution is 2.30. The van der Waals surface area contributed by atoms with Crippen LogP contribution in [0.4, 0.5) is 0 Å². The largest absolute Gasteiger partial charge is 0.368 e. The normalized spacial score (nSPS) is 14.6. The molecule has 1 heterocycles. The molecule has 0 radical (unpaired) electrons. The van der Waals surface area contributed by atoms with Gasteiger partial charge >= 0.3 is 0 Å². The van der Waals surface area contributed by atoms with Crippen molar-refractivity contribution in [3.05, 3.63) is 112 Å². The van der Waals surface area contributed by atoms with Gasteiger partial charge in [0.2, 0.25) is 11.6 Å². The van der Waals surface area contributed by atoms with Crippen LogP contribution in [0.15, 0.2) is 83.7 Å². The second-order valence-corrected chi connectivity index (χ2v) is 7.02. The number of carbonyl (C=O) groups is 2. The molecular weight excluding hydrogens is 372 g/mol. The van der Waals surface area contributed by atoms with Gasteiger partial charge in [-0.2, -0.15) is 0 Å². The molecule has 3 aromatic rings. The molecule has 4 rings (SSSR count). The summed E-state index contributed by atoms with van der Waals surface area (Å²) < 4.78 is 0. The number of nitrogens with zero attached hydrogens (tertiary/aromatic N) is 1. The lowest BCUT2D eigenvalue weighted by Crippen LogP contribution is -2.32. The molecule has 2 aromatic carbocycles. The molecule has 1 aliphatic carbocycles. The highest BCUT2D eigenvalue weighted by atomic mass is 35.5. The number of hydrogen-bond donors (Lipinski definition) is 1. The first-order valence-electron chi connectivity index (χ1n) is 8.88. The number of nitrogens with one attached hydrogen (secondary N) is 1. The quantitative estimate of drug-likeness (QED) is 0.709. The van der Waals surface area contributed by atoms with Crippen molar-refractivity contribution < 1.29 is 9.59 Å². The molecule has 1 N–H and O–H groups in total. The summed E-state index contributed by atoms with van der Waals surface area (Å²) in [6.45, 7) is 1.98. The average molecular weight is 389 g/mol. The SMILES string of the molecule is Cc1ccnc(C(NC2=C(Cl)C(=O)c3ccccc3C2=O)c2ccccc2)c1. The number of ketones is 2. The van der Waals surface area contributed by atoms with E-state index in [1.165, 1.54) is 0 Å². The number of hydrogen-bond acceptors (Lipinski definition) is 4.